The molecular formula is C25H16F3N5O2. The third-order valence-corrected chi connectivity index (χ3v) is 4.86. The molecule has 0 bridgehead atoms. The lowest BCUT2D eigenvalue weighted by atomic mass is 10.1. The van der Waals surface area contributed by atoms with Crippen molar-refractivity contribution in [3.05, 3.63) is 111 Å². The minimum atomic E-state index is -1.57. The van der Waals surface area contributed by atoms with Crippen LogP contribution in [0.1, 0.15) is 16.7 Å². The molecule has 0 spiro atoms. The standard InChI is InChI=1S/C25H16F3N5O2/c26-20-10-18(11-21(27)22(20)28)35-14-17-9-5-4-8-16(17)13-30-33-25-31-23(15-6-2-1-3-7-15)19(12-29)24(34)32-25/h1-11,13H,14H2,(H2,31,32,33,34). The summed E-state index contributed by atoms with van der Waals surface area (Å²) in [6.45, 7) is -0.0726. The number of benzene rings is 3. The molecule has 0 saturated carbocycles. The first-order valence-corrected chi connectivity index (χ1v) is 10.2. The minimum Gasteiger partial charge on any atom is -0.489 e. The molecule has 0 aliphatic carbocycles. The summed E-state index contributed by atoms with van der Waals surface area (Å²) in [5.74, 6) is -4.41. The molecular weight excluding hydrogens is 459 g/mol. The molecule has 0 aliphatic heterocycles. The van der Waals surface area contributed by atoms with E-state index in [1.54, 1.807) is 54.6 Å². The molecule has 4 rings (SSSR count). The van der Waals surface area contributed by atoms with E-state index in [0.29, 0.717) is 16.7 Å². The minimum absolute atomic E-state index is 0.0232. The molecule has 0 saturated heterocycles. The van der Waals surface area contributed by atoms with E-state index < -0.39 is 23.0 Å². The second kappa shape index (κ2) is 10.4. The van der Waals surface area contributed by atoms with Crippen LogP contribution in [0.5, 0.6) is 5.75 Å². The predicted octanol–water partition coefficient (Wildman–Crippen LogP) is 4.75. The second-order valence-corrected chi connectivity index (χ2v) is 7.17. The van der Waals surface area contributed by atoms with Crippen LogP contribution in [0.25, 0.3) is 11.3 Å². The van der Waals surface area contributed by atoms with Crippen molar-refractivity contribution < 1.29 is 17.9 Å². The van der Waals surface area contributed by atoms with Gasteiger partial charge in [-0.15, -0.1) is 0 Å². The molecule has 174 valence electrons. The number of aromatic amines is 1. The van der Waals surface area contributed by atoms with Gasteiger partial charge in [0.05, 0.1) is 11.9 Å². The summed E-state index contributed by atoms with van der Waals surface area (Å²) in [4.78, 5) is 19.1. The highest BCUT2D eigenvalue weighted by Gasteiger charge is 2.13. The monoisotopic (exact) mass is 475 g/mol. The lowest BCUT2D eigenvalue weighted by Gasteiger charge is -2.09. The van der Waals surface area contributed by atoms with Gasteiger partial charge in [-0.3, -0.25) is 9.78 Å². The topological polar surface area (TPSA) is 103 Å². The van der Waals surface area contributed by atoms with Crippen molar-refractivity contribution in [2.24, 2.45) is 5.10 Å². The van der Waals surface area contributed by atoms with Gasteiger partial charge in [-0.2, -0.15) is 10.4 Å². The van der Waals surface area contributed by atoms with Gasteiger partial charge < -0.3 is 4.74 Å². The number of hydrogen-bond acceptors (Lipinski definition) is 6. The Morgan fingerprint density at radius 1 is 1.06 bits per heavy atom. The van der Waals surface area contributed by atoms with Gasteiger partial charge in [0.25, 0.3) is 5.56 Å². The molecule has 0 amide bonds. The Balaban J connectivity index is 1.52. The predicted molar refractivity (Wildman–Crippen MR) is 123 cm³/mol. The lowest BCUT2D eigenvalue weighted by molar-refractivity contribution is 0.299. The SMILES string of the molecule is N#Cc1c(-c2ccccc2)nc(NN=Cc2ccccc2COc2cc(F)c(F)c(F)c2)[nH]c1=O. The van der Waals surface area contributed by atoms with Gasteiger partial charge in [0.2, 0.25) is 5.95 Å². The van der Waals surface area contributed by atoms with Gasteiger partial charge in [-0.1, -0.05) is 54.6 Å². The fraction of sp³-hybridized carbons (Fsp3) is 0.0400. The number of nitrogens with zero attached hydrogens (tertiary/aromatic N) is 3. The molecule has 4 aromatic rings. The molecule has 0 atom stereocenters. The van der Waals surface area contributed by atoms with Crippen LogP contribution in [0.2, 0.25) is 0 Å². The van der Waals surface area contributed by atoms with Gasteiger partial charge in [0, 0.05) is 23.3 Å². The third kappa shape index (κ3) is 5.36. The van der Waals surface area contributed by atoms with Crippen molar-refractivity contribution in [1.29, 1.82) is 5.26 Å². The molecule has 0 unspecified atom stereocenters. The summed E-state index contributed by atoms with van der Waals surface area (Å²) in [6, 6.07) is 19.1. The van der Waals surface area contributed by atoms with E-state index in [1.807, 2.05) is 6.07 Å². The average molecular weight is 475 g/mol. The number of hydrogen-bond donors (Lipinski definition) is 2. The zero-order chi connectivity index (χ0) is 24.8. The van der Waals surface area contributed by atoms with Crippen LogP contribution in [0.4, 0.5) is 19.1 Å². The Morgan fingerprint density at radius 3 is 2.46 bits per heavy atom. The number of H-pyrrole nitrogens is 1. The summed E-state index contributed by atoms with van der Waals surface area (Å²) in [5.41, 5.74) is 3.91. The average Bonchev–Trinajstić information content (AvgIpc) is 2.87. The molecule has 0 fully saturated rings. The summed E-state index contributed by atoms with van der Waals surface area (Å²) in [5, 5.41) is 13.4. The number of ether oxygens (including phenoxy) is 1. The Labute approximate surface area is 197 Å². The number of hydrazone groups is 1. The Hall–Kier alpha value is -4.91. The van der Waals surface area contributed by atoms with Crippen LogP contribution in [-0.4, -0.2) is 16.2 Å². The lowest BCUT2D eigenvalue weighted by Crippen LogP contribution is -2.16. The van der Waals surface area contributed by atoms with Crippen molar-refractivity contribution in [2.75, 3.05) is 5.43 Å². The van der Waals surface area contributed by atoms with E-state index in [1.165, 1.54) is 6.21 Å². The van der Waals surface area contributed by atoms with Crippen LogP contribution >= 0.6 is 0 Å². The molecule has 35 heavy (non-hydrogen) atoms. The maximum Gasteiger partial charge on any atom is 0.270 e. The Kier molecular flexibility index (Phi) is 6.88. The third-order valence-electron chi connectivity index (χ3n) is 4.86. The normalized spacial score (nSPS) is 10.8. The van der Waals surface area contributed by atoms with Crippen molar-refractivity contribution >= 4 is 12.2 Å². The van der Waals surface area contributed by atoms with Gasteiger partial charge >= 0.3 is 0 Å². The first-order valence-electron chi connectivity index (χ1n) is 10.2. The number of nitriles is 1. The number of nitrogens with one attached hydrogen (secondary N) is 2. The van der Waals surface area contributed by atoms with E-state index in [4.69, 9.17) is 4.74 Å². The maximum atomic E-state index is 13.4. The van der Waals surface area contributed by atoms with Crippen LogP contribution < -0.4 is 15.7 Å². The van der Waals surface area contributed by atoms with Crippen molar-refractivity contribution in [1.82, 2.24) is 9.97 Å². The quantitative estimate of drug-likeness (QED) is 0.228. The van der Waals surface area contributed by atoms with E-state index >= 15 is 0 Å². The molecule has 10 heteroatoms. The van der Waals surface area contributed by atoms with Gasteiger partial charge in [-0.25, -0.2) is 23.6 Å². The molecule has 0 radical (unpaired) electrons. The summed E-state index contributed by atoms with van der Waals surface area (Å²) in [6.07, 6.45) is 1.44. The van der Waals surface area contributed by atoms with Crippen LogP contribution in [0, 0.1) is 28.8 Å². The molecule has 3 aromatic carbocycles. The van der Waals surface area contributed by atoms with E-state index in [-0.39, 0.29) is 29.6 Å². The zero-order valence-corrected chi connectivity index (χ0v) is 17.9. The molecule has 2 N–H and O–H groups in total. The van der Waals surface area contributed by atoms with E-state index in [0.717, 1.165) is 12.1 Å². The highest BCUT2D eigenvalue weighted by Crippen LogP contribution is 2.21. The summed E-state index contributed by atoms with van der Waals surface area (Å²) < 4.78 is 45.4. The highest BCUT2D eigenvalue weighted by atomic mass is 19.2. The van der Waals surface area contributed by atoms with E-state index in [9.17, 15) is 23.2 Å². The number of halogens is 3. The Morgan fingerprint density at radius 2 is 1.74 bits per heavy atom. The summed E-state index contributed by atoms with van der Waals surface area (Å²) in [7, 11) is 0. The summed E-state index contributed by atoms with van der Waals surface area (Å²) >= 11 is 0. The van der Waals surface area contributed by atoms with Crippen molar-refractivity contribution in [2.45, 2.75) is 6.61 Å². The number of rotatable bonds is 7. The van der Waals surface area contributed by atoms with Gasteiger partial charge in [-0.05, 0) is 5.56 Å². The largest absolute Gasteiger partial charge is 0.489 e. The first-order chi connectivity index (χ1) is 17.0. The van der Waals surface area contributed by atoms with Crippen LogP contribution in [0.15, 0.2) is 76.6 Å². The Bertz CT molecular complexity index is 1470. The van der Waals surface area contributed by atoms with Crippen LogP contribution in [0.3, 0.4) is 0 Å². The number of anilines is 1. The highest BCUT2D eigenvalue weighted by molar-refractivity contribution is 5.82. The fourth-order valence-electron chi connectivity index (χ4n) is 3.17. The van der Waals surface area contributed by atoms with Crippen LogP contribution in [-0.2, 0) is 6.61 Å². The molecule has 1 heterocycles. The smallest absolute Gasteiger partial charge is 0.270 e. The fourth-order valence-corrected chi connectivity index (χ4v) is 3.17. The van der Waals surface area contributed by atoms with Gasteiger partial charge in [0.1, 0.15) is 24.0 Å². The van der Waals surface area contributed by atoms with E-state index in [2.05, 4.69) is 20.5 Å². The molecule has 1 aromatic heterocycles. The van der Waals surface area contributed by atoms with Gasteiger partial charge in [0.15, 0.2) is 17.5 Å². The molecule has 7 nitrogen and oxygen atoms in total. The van der Waals surface area contributed by atoms with Crippen molar-refractivity contribution in [3.8, 4) is 23.1 Å². The zero-order valence-electron chi connectivity index (χ0n) is 17.9. The first kappa shape index (κ1) is 23.3. The number of aromatic nitrogens is 2. The molecule has 0 aliphatic rings. The maximum absolute atomic E-state index is 13.4. The second-order valence-electron chi connectivity index (χ2n) is 7.17. The van der Waals surface area contributed by atoms with Crippen molar-refractivity contribution in [3.63, 3.8) is 0 Å².